The van der Waals surface area contributed by atoms with Crippen LogP contribution in [0, 0.1) is 11.3 Å². The topological polar surface area (TPSA) is 36.9 Å². The van der Waals surface area contributed by atoms with Crippen LogP contribution in [0.25, 0.3) is 17.0 Å². The van der Waals surface area contributed by atoms with Gasteiger partial charge in [-0.25, -0.2) is 0 Å². The van der Waals surface area contributed by atoms with E-state index in [1.165, 1.54) is 6.08 Å². The predicted molar refractivity (Wildman–Crippen MR) is 50.9 cm³/mol. The van der Waals surface area contributed by atoms with Crippen molar-refractivity contribution < 1.29 is 4.42 Å². The van der Waals surface area contributed by atoms with Gasteiger partial charge in [0, 0.05) is 17.0 Å². The fourth-order valence-corrected chi connectivity index (χ4v) is 1.27. The van der Waals surface area contributed by atoms with Crippen molar-refractivity contribution in [1.82, 2.24) is 0 Å². The van der Waals surface area contributed by atoms with Gasteiger partial charge in [-0.2, -0.15) is 5.26 Å². The molecule has 1 heterocycles. The van der Waals surface area contributed by atoms with Gasteiger partial charge in [0.15, 0.2) is 0 Å². The summed E-state index contributed by atoms with van der Waals surface area (Å²) in [6.07, 6.45) is 4.83. The Morgan fingerprint density at radius 1 is 1.31 bits per heavy atom. The minimum atomic E-state index is 0.828. The number of fused-ring (bicyclic) bond motifs is 1. The number of benzene rings is 1. The number of hydrogen-bond acceptors (Lipinski definition) is 2. The third-order valence-corrected chi connectivity index (χ3v) is 1.85. The molecule has 0 atom stereocenters. The highest BCUT2D eigenvalue weighted by atomic mass is 16.3. The lowest BCUT2D eigenvalue weighted by Gasteiger charge is -1.92. The molecule has 0 bridgehead atoms. The average molecular weight is 169 g/mol. The molecule has 2 rings (SSSR count). The fraction of sp³-hybridized carbons (Fsp3) is 0. The number of para-hydroxylation sites is 1. The van der Waals surface area contributed by atoms with Crippen molar-refractivity contribution >= 4 is 17.0 Å². The molecule has 0 amide bonds. The van der Waals surface area contributed by atoms with Crippen molar-refractivity contribution in [2.24, 2.45) is 0 Å². The number of nitriles is 1. The first-order chi connectivity index (χ1) is 6.42. The Kier molecular flexibility index (Phi) is 1.85. The van der Waals surface area contributed by atoms with Crippen LogP contribution in [0.2, 0.25) is 0 Å². The lowest BCUT2D eigenvalue weighted by atomic mass is 10.1. The van der Waals surface area contributed by atoms with Crippen molar-refractivity contribution in [3.8, 4) is 6.07 Å². The van der Waals surface area contributed by atoms with E-state index in [9.17, 15) is 0 Å². The van der Waals surface area contributed by atoms with Crippen molar-refractivity contribution in [2.45, 2.75) is 0 Å². The summed E-state index contributed by atoms with van der Waals surface area (Å²) in [5.74, 6) is 0. The Bertz CT molecular complexity index is 488. The van der Waals surface area contributed by atoms with Crippen LogP contribution in [-0.2, 0) is 0 Å². The molecule has 0 fully saturated rings. The Hall–Kier alpha value is -2.01. The molecule has 1 aromatic heterocycles. The van der Waals surface area contributed by atoms with E-state index in [1.54, 1.807) is 12.3 Å². The van der Waals surface area contributed by atoms with Crippen molar-refractivity contribution in [1.29, 1.82) is 5.26 Å². The number of hydrogen-bond donors (Lipinski definition) is 0. The maximum atomic E-state index is 8.38. The second kappa shape index (κ2) is 3.16. The standard InChI is InChI=1S/C11H7NO/c12-7-2-5-9-3-1-4-10-6-8-13-11(9)10/h1-6,8H/b5-2+. The minimum absolute atomic E-state index is 0.828. The van der Waals surface area contributed by atoms with Crippen LogP contribution in [0.1, 0.15) is 5.56 Å². The molecule has 62 valence electrons. The molecule has 0 aliphatic carbocycles. The highest BCUT2D eigenvalue weighted by molar-refractivity contribution is 5.85. The molecule has 0 N–H and O–H groups in total. The Morgan fingerprint density at radius 2 is 2.23 bits per heavy atom. The van der Waals surface area contributed by atoms with Gasteiger partial charge < -0.3 is 4.42 Å². The maximum absolute atomic E-state index is 8.38. The first-order valence-electron chi connectivity index (χ1n) is 3.94. The molecule has 0 radical (unpaired) electrons. The summed E-state index contributed by atoms with van der Waals surface area (Å²) >= 11 is 0. The van der Waals surface area contributed by atoms with E-state index in [1.807, 2.05) is 30.3 Å². The summed E-state index contributed by atoms with van der Waals surface area (Å²) in [4.78, 5) is 0. The first-order valence-corrected chi connectivity index (χ1v) is 3.94. The second-order valence-electron chi connectivity index (χ2n) is 2.65. The highest BCUT2D eigenvalue weighted by Crippen LogP contribution is 2.20. The van der Waals surface area contributed by atoms with E-state index in [0.717, 1.165) is 16.5 Å². The van der Waals surface area contributed by atoms with Crippen LogP contribution >= 0.6 is 0 Å². The van der Waals surface area contributed by atoms with E-state index < -0.39 is 0 Å². The van der Waals surface area contributed by atoms with E-state index in [0.29, 0.717) is 0 Å². The number of nitrogens with zero attached hydrogens (tertiary/aromatic N) is 1. The number of rotatable bonds is 1. The maximum Gasteiger partial charge on any atom is 0.141 e. The molecule has 2 nitrogen and oxygen atoms in total. The zero-order chi connectivity index (χ0) is 9.10. The van der Waals surface area contributed by atoms with Crippen LogP contribution in [0.15, 0.2) is 41.0 Å². The molecule has 2 aromatic rings. The van der Waals surface area contributed by atoms with Gasteiger partial charge >= 0.3 is 0 Å². The first kappa shape index (κ1) is 7.63. The van der Waals surface area contributed by atoms with Gasteiger partial charge in [0.2, 0.25) is 0 Å². The van der Waals surface area contributed by atoms with E-state index in [4.69, 9.17) is 9.68 Å². The summed E-state index contributed by atoms with van der Waals surface area (Å²) in [6.45, 7) is 0. The summed E-state index contributed by atoms with van der Waals surface area (Å²) < 4.78 is 5.29. The largest absolute Gasteiger partial charge is 0.464 e. The molecule has 0 aliphatic heterocycles. The monoisotopic (exact) mass is 169 g/mol. The van der Waals surface area contributed by atoms with Gasteiger partial charge in [0.05, 0.1) is 12.3 Å². The molecule has 0 saturated carbocycles. The highest BCUT2D eigenvalue weighted by Gasteiger charge is 1.99. The Labute approximate surface area is 75.7 Å². The third-order valence-electron chi connectivity index (χ3n) is 1.85. The molecular formula is C11H7NO. The molecule has 0 saturated heterocycles. The van der Waals surface area contributed by atoms with Gasteiger partial charge in [-0.15, -0.1) is 0 Å². The summed E-state index contributed by atoms with van der Waals surface area (Å²) in [6, 6.07) is 9.68. The summed E-state index contributed by atoms with van der Waals surface area (Å²) in [7, 11) is 0. The Balaban J connectivity index is 2.62. The second-order valence-corrected chi connectivity index (χ2v) is 2.65. The number of furan rings is 1. The van der Waals surface area contributed by atoms with Crippen LogP contribution in [0.3, 0.4) is 0 Å². The molecule has 0 unspecified atom stereocenters. The third kappa shape index (κ3) is 1.32. The van der Waals surface area contributed by atoms with Crippen LogP contribution in [0.4, 0.5) is 0 Å². The van der Waals surface area contributed by atoms with E-state index in [2.05, 4.69) is 0 Å². The lowest BCUT2D eigenvalue weighted by Crippen LogP contribution is -1.71. The van der Waals surface area contributed by atoms with E-state index >= 15 is 0 Å². The number of allylic oxidation sites excluding steroid dienone is 1. The molecular weight excluding hydrogens is 162 g/mol. The fourth-order valence-electron chi connectivity index (χ4n) is 1.27. The average Bonchev–Trinajstić information content (AvgIpc) is 2.62. The molecule has 0 aliphatic rings. The SMILES string of the molecule is N#C/C=C/c1cccc2ccoc12. The molecule has 0 spiro atoms. The quantitative estimate of drug-likeness (QED) is 0.615. The van der Waals surface area contributed by atoms with Crippen molar-refractivity contribution in [3.63, 3.8) is 0 Å². The van der Waals surface area contributed by atoms with Crippen LogP contribution < -0.4 is 0 Å². The molecule has 13 heavy (non-hydrogen) atoms. The molecule has 1 aromatic carbocycles. The summed E-state index contributed by atoms with van der Waals surface area (Å²) in [5, 5.41) is 9.44. The Morgan fingerprint density at radius 3 is 3.08 bits per heavy atom. The van der Waals surface area contributed by atoms with Crippen LogP contribution in [0.5, 0.6) is 0 Å². The lowest BCUT2D eigenvalue weighted by molar-refractivity contribution is 0.615. The predicted octanol–water partition coefficient (Wildman–Crippen LogP) is 2.97. The minimum Gasteiger partial charge on any atom is -0.464 e. The van der Waals surface area contributed by atoms with Gasteiger partial charge in [-0.3, -0.25) is 0 Å². The zero-order valence-corrected chi connectivity index (χ0v) is 6.90. The van der Waals surface area contributed by atoms with Gasteiger partial charge in [-0.1, -0.05) is 18.2 Å². The normalized spacial score (nSPS) is 10.7. The van der Waals surface area contributed by atoms with Gasteiger partial charge in [-0.05, 0) is 12.1 Å². The molecule has 2 heteroatoms. The van der Waals surface area contributed by atoms with Crippen LogP contribution in [-0.4, -0.2) is 0 Å². The smallest absolute Gasteiger partial charge is 0.141 e. The van der Waals surface area contributed by atoms with Crippen molar-refractivity contribution in [2.75, 3.05) is 0 Å². The van der Waals surface area contributed by atoms with E-state index in [-0.39, 0.29) is 0 Å². The van der Waals surface area contributed by atoms with Gasteiger partial charge in [0.1, 0.15) is 5.58 Å². The van der Waals surface area contributed by atoms with Gasteiger partial charge in [0.25, 0.3) is 0 Å². The summed E-state index contributed by atoms with van der Waals surface area (Å²) in [5.41, 5.74) is 1.76. The zero-order valence-electron chi connectivity index (χ0n) is 6.90. The van der Waals surface area contributed by atoms with Crippen molar-refractivity contribution in [3.05, 3.63) is 42.2 Å².